The van der Waals surface area contributed by atoms with Gasteiger partial charge in [0.1, 0.15) is 11.6 Å². The van der Waals surface area contributed by atoms with Gasteiger partial charge in [0.15, 0.2) is 0 Å². The molecular formula is C16H21N5O. The first-order valence-electron chi connectivity index (χ1n) is 7.44. The summed E-state index contributed by atoms with van der Waals surface area (Å²) in [5, 5.41) is 9.39. The van der Waals surface area contributed by atoms with Crippen LogP contribution in [-0.2, 0) is 6.42 Å². The number of likely N-dealkylation sites (N-methyl/N-ethyl adjacent to an activating group) is 1. The van der Waals surface area contributed by atoms with Crippen molar-refractivity contribution < 1.29 is 5.11 Å². The number of nitrogens with two attached hydrogens (primary N) is 1. The van der Waals surface area contributed by atoms with Crippen molar-refractivity contribution in [2.45, 2.75) is 6.42 Å². The summed E-state index contributed by atoms with van der Waals surface area (Å²) in [5.74, 6) is 1.51. The zero-order valence-corrected chi connectivity index (χ0v) is 12.7. The fourth-order valence-corrected chi connectivity index (χ4v) is 2.66. The highest BCUT2D eigenvalue weighted by atomic mass is 16.3. The average molecular weight is 299 g/mol. The Morgan fingerprint density at radius 2 is 1.82 bits per heavy atom. The Labute approximate surface area is 130 Å². The van der Waals surface area contributed by atoms with Crippen LogP contribution < -0.4 is 10.6 Å². The van der Waals surface area contributed by atoms with Crippen LogP contribution in [0.15, 0.2) is 30.5 Å². The van der Waals surface area contributed by atoms with Crippen molar-refractivity contribution in [3.05, 3.63) is 41.6 Å². The lowest BCUT2D eigenvalue weighted by Gasteiger charge is -2.34. The molecule has 1 fully saturated rings. The number of nitrogen functional groups attached to an aromatic ring is 1. The van der Waals surface area contributed by atoms with Crippen LogP contribution in [0.1, 0.15) is 11.1 Å². The lowest BCUT2D eigenvalue weighted by molar-refractivity contribution is 0.312. The first-order chi connectivity index (χ1) is 10.6. The van der Waals surface area contributed by atoms with E-state index >= 15 is 0 Å². The highest BCUT2D eigenvalue weighted by Crippen LogP contribution is 2.23. The van der Waals surface area contributed by atoms with Gasteiger partial charge in [0.25, 0.3) is 0 Å². The number of piperazine rings is 1. The van der Waals surface area contributed by atoms with Crippen LogP contribution in [0.5, 0.6) is 5.75 Å². The van der Waals surface area contributed by atoms with Gasteiger partial charge in [0.05, 0.1) is 0 Å². The Morgan fingerprint density at radius 1 is 1.14 bits per heavy atom. The molecule has 0 spiro atoms. The van der Waals surface area contributed by atoms with Crippen molar-refractivity contribution in [1.29, 1.82) is 0 Å². The number of rotatable bonds is 3. The maximum atomic E-state index is 9.39. The lowest BCUT2D eigenvalue weighted by Crippen LogP contribution is -2.45. The monoisotopic (exact) mass is 299 g/mol. The Morgan fingerprint density at radius 3 is 2.50 bits per heavy atom. The van der Waals surface area contributed by atoms with Gasteiger partial charge in [0.2, 0.25) is 5.95 Å². The van der Waals surface area contributed by atoms with Gasteiger partial charge in [0, 0.05) is 44.4 Å². The Bertz CT molecular complexity index is 635. The number of anilines is 2. The number of aromatic nitrogens is 2. The van der Waals surface area contributed by atoms with E-state index in [-0.39, 0.29) is 5.75 Å². The number of phenols is 1. The minimum atomic E-state index is 0.275. The van der Waals surface area contributed by atoms with E-state index in [0.29, 0.717) is 5.95 Å². The minimum Gasteiger partial charge on any atom is -0.508 e. The van der Waals surface area contributed by atoms with Crippen LogP contribution in [0, 0.1) is 0 Å². The number of aromatic hydroxyl groups is 1. The SMILES string of the molecule is CN1CCN(c2nc(N)ncc2Cc2ccc(O)cc2)CC1. The molecule has 0 radical (unpaired) electrons. The fourth-order valence-electron chi connectivity index (χ4n) is 2.66. The molecule has 3 rings (SSSR count). The molecule has 6 nitrogen and oxygen atoms in total. The summed E-state index contributed by atoms with van der Waals surface area (Å²) in [6.45, 7) is 3.91. The molecule has 0 atom stereocenters. The van der Waals surface area contributed by atoms with Crippen molar-refractivity contribution in [3.8, 4) is 5.75 Å². The van der Waals surface area contributed by atoms with Crippen molar-refractivity contribution in [2.24, 2.45) is 0 Å². The highest BCUT2D eigenvalue weighted by molar-refractivity contribution is 5.51. The van der Waals surface area contributed by atoms with Crippen molar-refractivity contribution in [1.82, 2.24) is 14.9 Å². The Kier molecular flexibility index (Phi) is 4.11. The zero-order valence-electron chi connectivity index (χ0n) is 12.7. The van der Waals surface area contributed by atoms with Crippen LogP contribution >= 0.6 is 0 Å². The van der Waals surface area contributed by atoms with E-state index in [1.165, 1.54) is 0 Å². The molecular weight excluding hydrogens is 278 g/mol. The minimum absolute atomic E-state index is 0.275. The molecule has 22 heavy (non-hydrogen) atoms. The standard InChI is InChI=1S/C16H21N5O/c1-20-6-8-21(9-7-20)15-13(11-18-16(17)19-15)10-12-2-4-14(22)5-3-12/h2-5,11,22H,6-10H2,1H3,(H2,17,18,19). The molecule has 1 aromatic heterocycles. The lowest BCUT2D eigenvalue weighted by atomic mass is 10.1. The molecule has 2 aromatic rings. The highest BCUT2D eigenvalue weighted by Gasteiger charge is 2.19. The summed E-state index contributed by atoms with van der Waals surface area (Å²) >= 11 is 0. The average Bonchev–Trinajstić information content (AvgIpc) is 2.52. The molecule has 0 bridgehead atoms. The molecule has 0 saturated carbocycles. The van der Waals surface area contributed by atoms with E-state index in [2.05, 4.69) is 26.8 Å². The number of benzene rings is 1. The van der Waals surface area contributed by atoms with Gasteiger partial charge in [-0.2, -0.15) is 4.98 Å². The fraction of sp³-hybridized carbons (Fsp3) is 0.375. The van der Waals surface area contributed by atoms with Crippen molar-refractivity contribution in [2.75, 3.05) is 43.9 Å². The summed E-state index contributed by atoms with van der Waals surface area (Å²) in [6.07, 6.45) is 2.53. The third-order valence-corrected chi connectivity index (χ3v) is 3.99. The summed E-state index contributed by atoms with van der Waals surface area (Å²) in [7, 11) is 2.13. The molecule has 1 aliphatic rings. The van der Waals surface area contributed by atoms with Crippen molar-refractivity contribution >= 4 is 11.8 Å². The first-order valence-corrected chi connectivity index (χ1v) is 7.44. The van der Waals surface area contributed by atoms with Gasteiger partial charge in [-0.1, -0.05) is 12.1 Å². The van der Waals surface area contributed by atoms with Crippen LogP contribution in [-0.4, -0.2) is 53.2 Å². The molecule has 6 heteroatoms. The zero-order chi connectivity index (χ0) is 15.5. The Balaban J connectivity index is 1.85. The summed E-state index contributed by atoms with van der Waals surface area (Å²) < 4.78 is 0. The molecule has 2 heterocycles. The van der Waals surface area contributed by atoms with Gasteiger partial charge in [-0.3, -0.25) is 0 Å². The summed E-state index contributed by atoms with van der Waals surface area (Å²) in [5.41, 5.74) is 7.95. The van der Waals surface area contributed by atoms with Crippen LogP contribution in [0.25, 0.3) is 0 Å². The maximum absolute atomic E-state index is 9.39. The van der Waals surface area contributed by atoms with Crippen molar-refractivity contribution in [3.63, 3.8) is 0 Å². The summed E-state index contributed by atoms with van der Waals surface area (Å²) in [6, 6.07) is 7.23. The molecule has 0 unspecified atom stereocenters. The third kappa shape index (κ3) is 3.28. The van der Waals surface area contributed by atoms with Gasteiger partial charge < -0.3 is 20.6 Å². The van der Waals surface area contributed by atoms with Gasteiger partial charge in [-0.25, -0.2) is 4.98 Å². The molecule has 3 N–H and O–H groups in total. The molecule has 0 amide bonds. The maximum Gasteiger partial charge on any atom is 0.221 e. The molecule has 1 aliphatic heterocycles. The largest absolute Gasteiger partial charge is 0.508 e. The second-order valence-electron chi connectivity index (χ2n) is 5.71. The number of hydrogen-bond acceptors (Lipinski definition) is 6. The Hall–Kier alpha value is -2.34. The van der Waals surface area contributed by atoms with E-state index in [9.17, 15) is 5.11 Å². The predicted molar refractivity (Wildman–Crippen MR) is 87.1 cm³/mol. The van der Waals surface area contributed by atoms with Crippen LogP contribution in [0.4, 0.5) is 11.8 Å². The van der Waals surface area contributed by atoms with Crippen LogP contribution in [0.3, 0.4) is 0 Å². The topological polar surface area (TPSA) is 78.5 Å². The number of phenolic OH excluding ortho intramolecular Hbond substituents is 1. The number of nitrogens with zero attached hydrogens (tertiary/aromatic N) is 4. The van der Waals surface area contributed by atoms with E-state index in [1.54, 1.807) is 12.1 Å². The van der Waals surface area contributed by atoms with E-state index < -0.39 is 0 Å². The predicted octanol–water partition coefficient (Wildman–Crippen LogP) is 1.11. The van der Waals surface area contributed by atoms with Crippen LogP contribution in [0.2, 0.25) is 0 Å². The van der Waals surface area contributed by atoms with Gasteiger partial charge >= 0.3 is 0 Å². The van der Waals surface area contributed by atoms with Gasteiger partial charge in [-0.15, -0.1) is 0 Å². The van der Waals surface area contributed by atoms with E-state index in [0.717, 1.165) is 49.5 Å². The second kappa shape index (κ2) is 6.19. The van der Waals surface area contributed by atoms with E-state index in [1.807, 2.05) is 18.3 Å². The smallest absolute Gasteiger partial charge is 0.221 e. The molecule has 1 aromatic carbocycles. The second-order valence-corrected chi connectivity index (χ2v) is 5.71. The molecule has 116 valence electrons. The van der Waals surface area contributed by atoms with Gasteiger partial charge in [-0.05, 0) is 24.7 Å². The molecule has 1 saturated heterocycles. The first kappa shape index (κ1) is 14.6. The molecule has 0 aliphatic carbocycles. The third-order valence-electron chi connectivity index (χ3n) is 3.99. The van der Waals surface area contributed by atoms with E-state index in [4.69, 9.17) is 5.73 Å². The number of hydrogen-bond donors (Lipinski definition) is 2. The quantitative estimate of drug-likeness (QED) is 0.884. The summed E-state index contributed by atoms with van der Waals surface area (Å²) in [4.78, 5) is 13.2. The normalized spacial score (nSPS) is 16.0.